The quantitative estimate of drug-likeness (QED) is 0.921. The van der Waals surface area contributed by atoms with Crippen molar-refractivity contribution in [2.24, 2.45) is 0 Å². The van der Waals surface area contributed by atoms with Crippen LogP contribution in [0.15, 0.2) is 24.3 Å². The molecule has 1 aromatic carbocycles. The number of carboxylic acids is 1. The van der Waals surface area contributed by atoms with Gasteiger partial charge in [-0.3, -0.25) is 4.90 Å². The summed E-state index contributed by atoms with van der Waals surface area (Å²) in [7, 11) is 0. The number of aliphatic carboxylic acids is 1. The van der Waals surface area contributed by atoms with Crippen LogP contribution in [0.3, 0.4) is 0 Å². The molecule has 126 valence electrons. The third kappa shape index (κ3) is 3.64. The monoisotopic (exact) mass is 323 g/mol. The molecule has 0 radical (unpaired) electrons. The summed E-state index contributed by atoms with van der Waals surface area (Å²) >= 11 is 0. The number of nitrogens with zero attached hydrogens (tertiary/aromatic N) is 1. The Morgan fingerprint density at radius 3 is 2.61 bits per heavy atom. The molecule has 2 heterocycles. The van der Waals surface area contributed by atoms with Crippen molar-refractivity contribution in [3.05, 3.63) is 30.1 Å². The zero-order valence-corrected chi connectivity index (χ0v) is 13.0. The lowest BCUT2D eigenvalue weighted by atomic mass is 9.89. The molecule has 1 aromatic rings. The number of hydrogen-bond donors (Lipinski definition) is 1. The fourth-order valence-corrected chi connectivity index (χ4v) is 3.42. The predicted octanol–water partition coefficient (Wildman–Crippen LogP) is 2.30. The van der Waals surface area contributed by atoms with Crippen molar-refractivity contribution >= 4 is 5.97 Å². The van der Waals surface area contributed by atoms with Gasteiger partial charge in [0.2, 0.25) is 5.60 Å². The van der Waals surface area contributed by atoms with Crippen LogP contribution < -0.4 is 4.74 Å². The average Bonchev–Trinajstić information content (AvgIpc) is 2.56. The van der Waals surface area contributed by atoms with E-state index in [1.807, 2.05) is 0 Å². The molecule has 2 fully saturated rings. The predicted molar refractivity (Wildman–Crippen MR) is 82.0 cm³/mol. The van der Waals surface area contributed by atoms with E-state index in [4.69, 9.17) is 9.47 Å². The second kappa shape index (κ2) is 6.84. The standard InChI is InChI=1S/C17H22FNO4/c18-13-2-1-3-15(12-13)23-17(16(20)21)6-8-19(9-7-17)14-4-10-22-11-5-14/h1-3,12,14H,4-11H2,(H,20,21). The first-order valence-electron chi connectivity index (χ1n) is 8.09. The molecule has 0 aromatic heterocycles. The van der Waals surface area contributed by atoms with Gasteiger partial charge in [-0.1, -0.05) is 6.07 Å². The number of piperidine rings is 1. The van der Waals surface area contributed by atoms with Crippen molar-refractivity contribution in [3.63, 3.8) is 0 Å². The average molecular weight is 323 g/mol. The van der Waals surface area contributed by atoms with Crippen molar-refractivity contribution in [2.75, 3.05) is 26.3 Å². The molecule has 2 aliphatic heterocycles. The summed E-state index contributed by atoms with van der Waals surface area (Å²) in [5.41, 5.74) is -1.27. The topological polar surface area (TPSA) is 59.0 Å². The second-order valence-corrected chi connectivity index (χ2v) is 6.24. The van der Waals surface area contributed by atoms with Gasteiger partial charge >= 0.3 is 5.97 Å². The smallest absolute Gasteiger partial charge is 0.348 e. The number of ether oxygens (including phenoxy) is 2. The summed E-state index contributed by atoms with van der Waals surface area (Å²) in [6.07, 6.45) is 2.78. The van der Waals surface area contributed by atoms with E-state index in [1.165, 1.54) is 18.2 Å². The molecule has 6 heteroatoms. The Balaban J connectivity index is 1.67. The Morgan fingerprint density at radius 1 is 1.30 bits per heavy atom. The van der Waals surface area contributed by atoms with Gasteiger partial charge in [-0.15, -0.1) is 0 Å². The minimum atomic E-state index is -1.27. The van der Waals surface area contributed by atoms with Crippen molar-refractivity contribution in [1.29, 1.82) is 0 Å². The van der Waals surface area contributed by atoms with Crippen LogP contribution in [0.1, 0.15) is 25.7 Å². The highest BCUT2D eigenvalue weighted by Crippen LogP contribution is 2.31. The molecule has 2 saturated heterocycles. The second-order valence-electron chi connectivity index (χ2n) is 6.24. The van der Waals surface area contributed by atoms with Crippen LogP contribution in [0.25, 0.3) is 0 Å². The minimum absolute atomic E-state index is 0.270. The summed E-state index contributed by atoms with van der Waals surface area (Å²) in [5.74, 6) is -1.14. The van der Waals surface area contributed by atoms with Gasteiger partial charge in [0.15, 0.2) is 0 Å². The molecule has 0 saturated carbocycles. The molecular formula is C17H22FNO4. The Labute approximate surface area is 135 Å². The normalized spacial score (nSPS) is 22.7. The van der Waals surface area contributed by atoms with Crippen LogP contribution >= 0.6 is 0 Å². The molecule has 0 unspecified atom stereocenters. The van der Waals surface area contributed by atoms with Crippen LogP contribution in [-0.2, 0) is 9.53 Å². The van der Waals surface area contributed by atoms with Gasteiger partial charge in [-0.25, -0.2) is 9.18 Å². The number of likely N-dealkylation sites (tertiary alicyclic amines) is 1. The maximum Gasteiger partial charge on any atom is 0.348 e. The number of benzene rings is 1. The third-order valence-corrected chi connectivity index (χ3v) is 4.81. The Morgan fingerprint density at radius 2 is 2.00 bits per heavy atom. The van der Waals surface area contributed by atoms with E-state index in [0.717, 1.165) is 26.1 Å². The van der Waals surface area contributed by atoms with Gasteiger partial charge in [0.1, 0.15) is 11.6 Å². The highest BCUT2D eigenvalue weighted by atomic mass is 19.1. The van der Waals surface area contributed by atoms with Gasteiger partial charge in [0.25, 0.3) is 0 Å². The summed E-state index contributed by atoms with van der Waals surface area (Å²) in [6.45, 7) is 2.88. The van der Waals surface area contributed by atoms with E-state index >= 15 is 0 Å². The molecule has 0 amide bonds. The highest BCUT2D eigenvalue weighted by Gasteiger charge is 2.45. The molecule has 0 atom stereocenters. The van der Waals surface area contributed by atoms with Gasteiger partial charge in [0.05, 0.1) is 0 Å². The molecule has 3 rings (SSSR count). The highest BCUT2D eigenvalue weighted by molar-refractivity contribution is 5.78. The van der Waals surface area contributed by atoms with Gasteiger partial charge in [-0.2, -0.15) is 0 Å². The van der Waals surface area contributed by atoms with E-state index in [-0.39, 0.29) is 5.75 Å². The molecule has 5 nitrogen and oxygen atoms in total. The largest absolute Gasteiger partial charge is 0.478 e. The number of halogens is 1. The first kappa shape index (κ1) is 16.2. The van der Waals surface area contributed by atoms with E-state index in [1.54, 1.807) is 6.07 Å². The Bertz CT molecular complexity index is 551. The van der Waals surface area contributed by atoms with Crippen LogP contribution in [0.5, 0.6) is 5.75 Å². The fourth-order valence-electron chi connectivity index (χ4n) is 3.42. The lowest BCUT2D eigenvalue weighted by Crippen LogP contribution is -2.55. The maximum absolute atomic E-state index is 13.3. The number of carbonyl (C=O) groups is 1. The van der Waals surface area contributed by atoms with Crippen LogP contribution in [0, 0.1) is 5.82 Å². The molecule has 23 heavy (non-hydrogen) atoms. The molecule has 0 aliphatic carbocycles. The van der Waals surface area contributed by atoms with Gasteiger partial charge < -0.3 is 14.6 Å². The van der Waals surface area contributed by atoms with E-state index in [9.17, 15) is 14.3 Å². The van der Waals surface area contributed by atoms with Crippen molar-refractivity contribution in [1.82, 2.24) is 4.90 Å². The Kier molecular flexibility index (Phi) is 4.82. The summed E-state index contributed by atoms with van der Waals surface area (Å²) < 4.78 is 24.4. The number of hydrogen-bond acceptors (Lipinski definition) is 4. The lowest BCUT2D eigenvalue weighted by molar-refractivity contribution is -0.160. The lowest BCUT2D eigenvalue weighted by Gasteiger charge is -2.43. The Hall–Kier alpha value is -1.66. The number of carboxylic acid groups (broad SMARTS) is 1. The zero-order chi connectivity index (χ0) is 16.3. The molecule has 0 spiro atoms. The van der Waals surface area contributed by atoms with E-state index in [2.05, 4.69) is 4.90 Å². The van der Waals surface area contributed by atoms with Gasteiger partial charge in [-0.05, 0) is 25.0 Å². The van der Waals surface area contributed by atoms with E-state index in [0.29, 0.717) is 32.0 Å². The first-order chi connectivity index (χ1) is 11.1. The first-order valence-corrected chi connectivity index (χ1v) is 8.09. The SMILES string of the molecule is O=C(O)C1(Oc2cccc(F)c2)CCN(C2CCOCC2)CC1. The van der Waals surface area contributed by atoms with Crippen molar-refractivity contribution in [2.45, 2.75) is 37.3 Å². The van der Waals surface area contributed by atoms with Crippen LogP contribution in [0.2, 0.25) is 0 Å². The van der Waals surface area contributed by atoms with Crippen molar-refractivity contribution in [3.8, 4) is 5.75 Å². The number of rotatable bonds is 4. The third-order valence-electron chi connectivity index (χ3n) is 4.81. The fraction of sp³-hybridized carbons (Fsp3) is 0.588. The van der Waals surface area contributed by atoms with Crippen LogP contribution in [-0.4, -0.2) is 53.9 Å². The van der Waals surface area contributed by atoms with Gasteiger partial charge in [0, 0.05) is 51.3 Å². The molecule has 1 N–H and O–H groups in total. The molecular weight excluding hydrogens is 301 g/mol. The summed E-state index contributed by atoms with van der Waals surface area (Å²) in [6, 6.07) is 6.13. The molecule has 2 aliphatic rings. The zero-order valence-electron chi connectivity index (χ0n) is 13.0. The van der Waals surface area contributed by atoms with Crippen LogP contribution in [0.4, 0.5) is 4.39 Å². The minimum Gasteiger partial charge on any atom is -0.478 e. The maximum atomic E-state index is 13.3. The molecule has 0 bridgehead atoms. The summed E-state index contributed by atoms with van der Waals surface area (Å²) in [4.78, 5) is 14.1. The van der Waals surface area contributed by atoms with E-state index < -0.39 is 17.4 Å². The van der Waals surface area contributed by atoms with Crippen molar-refractivity contribution < 1.29 is 23.8 Å². The summed E-state index contributed by atoms with van der Waals surface area (Å²) in [5, 5.41) is 9.66.